The summed E-state index contributed by atoms with van der Waals surface area (Å²) in [5, 5.41) is 6.51. The number of nitrogens with one attached hydrogen (secondary N) is 1. The van der Waals surface area contributed by atoms with Crippen LogP contribution in [0.5, 0.6) is 11.5 Å². The Morgan fingerprint density at radius 2 is 1.91 bits per heavy atom. The lowest BCUT2D eigenvalue weighted by Crippen LogP contribution is -2.23. The highest BCUT2D eigenvalue weighted by molar-refractivity contribution is 6.32. The summed E-state index contributed by atoms with van der Waals surface area (Å²) in [6.07, 6.45) is -2.77. The van der Waals surface area contributed by atoms with Crippen LogP contribution in [0.1, 0.15) is 18.1 Å². The minimum atomic E-state index is -4.57. The maximum Gasteiger partial charge on any atom is 0.417 e. The first-order valence-electron chi connectivity index (χ1n) is 9.36. The SMILES string of the molecule is CCOc1cc(CNc2cnn(-c3ccc(C(F)(F)F)cn3)c(=O)c2Cl)ccc1OC(F)F. The van der Waals surface area contributed by atoms with Gasteiger partial charge in [0.1, 0.15) is 5.02 Å². The zero-order valence-corrected chi connectivity index (χ0v) is 17.6. The van der Waals surface area contributed by atoms with Crippen LogP contribution in [0.4, 0.5) is 27.6 Å². The van der Waals surface area contributed by atoms with Crippen molar-refractivity contribution in [2.75, 3.05) is 11.9 Å². The standard InChI is InChI=1S/C20H16ClF5N4O3/c1-2-32-15-7-11(3-5-14(15)33-19(22)23)8-27-13-10-29-30(18(31)17(13)21)16-6-4-12(9-28-16)20(24,25)26/h3-7,9-10,19,27H,2,8H2,1H3. The van der Waals surface area contributed by atoms with Gasteiger partial charge in [-0.15, -0.1) is 0 Å². The fraction of sp³-hybridized carbons (Fsp3) is 0.250. The molecule has 2 heterocycles. The average Bonchev–Trinajstić information content (AvgIpc) is 2.76. The third-order valence-corrected chi connectivity index (χ3v) is 4.58. The number of benzene rings is 1. The highest BCUT2D eigenvalue weighted by Gasteiger charge is 2.30. The van der Waals surface area contributed by atoms with E-state index in [1.807, 2.05) is 0 Å². The molecule has 0 amide bonds. The van der Waals surface area contributed by atoms with Crippen molar-refractivity contribution in [1.82, 2.24) is 14.8 Å². The van der Waals surface area contributed by atoms with Crippen LogP contribution in [-0.2, 0) is 12.7 Å². The molecule has 0 aliphatic heterocycles. The minimum Gasteiger partial charge on any atom is -0.490 e. The number of halogens is 6. The van der Waals surface area contributed by atoms with E-state index in [1.54, 1.807) is 6.92 Å². The second kappa shape index (κ2) is 10.0. The predicted octanol–water partition coefficient (Wildman–Crippen LogP) is 4.91. The van der Waals surface area contributed by atoms with E-state index in [4.69, 9.17) is 16.3 Å². The number of aromatic nitrogens is 3. The number of hydrogen-bond acceptors (Lipinski definition) is 6. The van der Waals surface area contributed by atoms with E-state index in [0.717, 1.165) is 16.8 Å². The quantitative estimate of drug-likeness (QED) is 0.452. The number of hydrogen-bond donors (Lipinski definition) is 1. The predicted molar refractivity (Wildman–Crippen MR) is 109 cm³/mol. The molecule has 176 valence electrons. The summed E-state index contributed by atoms with van der Waals surface area (Å²) < 4.78 is 73.6. The molecule has 0 saturated carbocycles. The van der Waals surface area contributed by atoms with Crippen molar-refractivity contribution in [2.45, 2.75) is 26.3 Å². The van der Waals surface area contributed by atoms with Crippen LogP contribution in [-0.4, -0.2) is 28.0 Å². The molecule has 0 aliphatic rings. The number of ether oxygens (including phenoxy) is 2. The Balaban J connectivity index is 1.78. The van der Waals surface area contributed by atoms with Gasteiger partial charge in [-0.3, -0.25) is 4.79 Å². The fourth-order valence-electron chi connectivity index (χ4n) is 2.72. The third-order valence-electron chi connectivity index (χ3n) is 4.22. The molecule has 3 aromatic rings. The van der Waals surface area contributed by atoms with Gasteiger partial charge in [0.05, 0.1) is 24.1 Å². The van der Waals surface area contributed by atoms with Gasteiger partial charge in [-0.1, -0.05) is 17.7 Å². The summed E-state index contributed by atoms with van der Waals surface area (Å²) in [7, 11) is 0. The lowest BCUT2D eigenvalue weighted by Gasteiger charge is -2.14. The molecule has 0 atom stereocenters. The van der Waals surface area contributed by atoms with E-state index in [9.17, 15) is 26.7 Å². The van der Waals surface area contributed by atoms with Crippen LogP contribution in [0, 0.1) is 0 Å². The molecule has 13 heteroatoms. The highest BCUT2D eigenvalue weighted by Crippen LogP contribution is 2.31. The number of rotatable bonds is 8. The molecule has 2 aromatic heterocycles. The number of pyridine rings is 1. The Bertz CT molecular complexity index is 1170. The van der Waals surface area contributed by atoms with Gasteiger partial charge in [0.25, 0.3) is 5.56 Å². The van der Waals surface area contributed by atoms with Gasteiger partial charge in [0.2, 0.25) is 0 Å². The lowest BCUT2D eigenvalue weighted by molar-refractivity contribution is -0.137. The van der Waals surface area contributed by atoms with Gasteiger partial charge in [-0.05, 0) is 36.8 Å². The summed E-state index contributed by atoms with van der Waals surface area (Å²) in [5.74, 6) is -0.149. The Morgan fingerprint density at radius 3 is 2.52 bits per heavy atom. The van der Waals surface area contributed by atoms with Gasteiger partial charge in [0.15, 0.2) is 17.3 Å². The monoisotopic (exact) mass is 490 g/mol. The second-order valence-electron chi connectivity index (χ2n) is 6.44. The van der Waals surface area contributed by atoms with Crippen LogP contribution >= 0.6 is 11.6 Å². The molecule has 0 aliphatic carbocycles. The van der Waals surface area contributed by atoms with Crippen molar-refractivity contribution in [3.63, 3.8) is 0 Å². The van der Waals surface area contributed by atoms with Crippen molar-refractivity contribution in [3.8, 4) is 17.3 Å². The summed E-state index contributed by atoms with van der Waals surface area (Å²) in [6, 6.07) is 6.10. The first-order chi connectivity index (χ1) is 15.6. The van der Waals surface area contributed by atoms with Crippen LogP contribution < -0.4 is 20.3 Å². The van der Waals surface area contributed by atoms with E-state index in [1.165, 1.54) is 24.4 Å². The number of alkyl halides is 5. The molecule has 3 rings (SSSR count). The van der Waals surface area contributed by atoms with Gasteiger partial charge < -0.3 is 14.8 Å². The average molecular weight is 491 g/mol. The van der Waals surface area contributed by atoms with Crippen LogP contribution in [0.25, 0.3) is 5.82 Å². The van der Waals surface area contributed by atoms with Crippen LogP contribution in [0.2, 0.25) is 5.02 Å². The molecular formula is C20H16ClF5N4O3. The van der Waals surface area contributed by atoms with Crippen LogP contribution in [0.15, 0.2) is 47.5 Å². The first kappa shape index (κ1) is 24.2. The topological polar surface area (TPSA) is 78.3 Å². The maximum absolute atomic E-state index is 12.7. The van der Waals surface area contributed by atoms with Crippen molar-refractivity contribution >= 4 is 17.3 Å². The first-order valence-corrected chi connectivity index (χ1v) is 9.73. The zero-order valence-electron chi connectivity index (χ0n) is 16.9. The molecular weight excluding hydrogens is 475 g/mol. The van der Waals surface area contributed by atoms with Crippen molar-refractivity contribution in [2.24, 2.45) is 0 Å². The van der Waals surface area contributed by atoms with E-state index in [2.05, 4.69) is 20.1 Å². The lowest BCUT2D eigenvalue weighted by atomic mass is 10.2. The third kappa shape index (κ3) is 5.89. The second-order valence-corrected chi connectivity index (χ2v) is 6.82. The normalized spacial score (nSPS) is 11.5. The maximum atomic E-state index is 12.7. The van der Waals surface area contributed by atoms with Gasteiger partial charge in [-0.25, -0.2) is 4.98 Å². The van der Waals surface area contributed by atoms with Gasteiger partial charge in [0, 0.05) is 12.7 Å². The van der Waals surface area contributed by atoms with E-state index in [-0.39, 0.29) is 41.2 Å². The summed E-state index contributed by atoms with van der Waals surface area (Å²) in [4.78, 5) is 16.1. The van der Waals surface area contributed by atoms with Crippen molar-refractivity contribution in [1.29, 1.82) is 0 Å². The molecule has 0 saturated heterocycles. The summed E-state index contributed by atoms with van der Waals surface area (Å²) >= 11 is 6.11. The molecule has 0 fully saturated rings. The Labute approximate surface area is 188 Å². The van der Waals surface area contributed by atoms with Crippen molar-refractivity contribution < 1.29 is 31.4 Å². The summed E-state index contributed by atoms with van der Waals surface area (Å²) in [5.41, 5.74) is -1.02. The summed E-state index contributed by atoms with van der Waals surface area (Å²) in [6.45, 7) is -0.979. The number of anilines is 1. The molecule has 1 N–H and O–H groups in total. The smallest absolute Gasteiger partial charge is 0.417 e. The van der Waals surface area contributed by atoms with E-state index in [0.29, 0.717) is 11.8 Å². The van der Waals surface area contributed by atoms with Gasteiger partial charge >= 0.3 is 12.8 Å². The molecule has 7 nitrogen and oxygen atoms in total. The molecule has 0 spiro atoms. The largest absolute Gasteiger partial charge is 0.490 e. The molecule has 33 heavy (non-hydrogen) atoms. The fourth-order valence-corrected chi connectivity index (χ4v) is 2.92. The molecule has 1 aromatic carbocycles. The Morgan fingerprint density at radius 1 is 1.15 bits per heavy atom. The molecule has 0 radical (unpaired) electrons. The highest BCUT2D eigenvalue weighted by atomic mass is 35.5. The van der Waals surface area contributed by atoms with E-state index < -0.39 is 23.9 Å². The van der Waals surface area contributed by atoms with Crippen LogP contribution in [0.3, 0.4) is 0 Å². The Kier molecular flexibility index (Phi) is 7.36. The van der Waals surface area contributed by atoms with E-state index >= 15 is 0 Å². The Hall–Kier alpha value is -3.41. The van der Waals surface area contributed by atoms with Gasteiger partial charge in [-0.2, -0.15) is 31.7 Å². The molecule has 0 bridgehead atoms. The minimum absolute atomic E-state index is 0.116. The molecule has 0 unspecified atom stereocenters. The van der Waals surface area contributed by atoms with Crippen molar-refractivity contribution in [3.05, 3.63) is 69.2 Å². The number of nitrogens with zero attached hydrogens (tertiary/aromatic N) is 3. The zero-order chi connectivity index (χ0) is 24.2.